The molecular formula is C17H27N3. The van der Waals surface area contributed by atoms with Gasteiger partial charge in [0.25, 0.3) is 0 Å². The third-order valence-electron chi connectivity index (χ3n) is 4.53. The van der Waals surface area contributed by atoms with Crippen LogP contribution in [0.5, 0.6) is 0 Å². The largest absolute Gasteiger partial charge is 0.382 e. The van der Waals surface area contributed by atoms with E-state index < -0.39 is 0 Å². The van der Waals surface area contributed by atoms with E-state index in [1.165, 1.54) is 63.1 Å². The van der Waals surface area contributed by atoms with Gasteiger partial charge in [0, 0.05) is 36.5 Å². The normalized spacial score (nSPS) is 24.1. The van der Waals surface area contributed by atoms with E-state index in [1.807, 2.05) is 0 Å². The molecule has 0 spiro atoms. The first-order valence-electron chi connectivity index (χ1n) is 8.16. The average Bonchev–Trinajstić information content (AvgIpc) is 3.11. The predicted molar refractivity (Wildman–Crippen MR) is 86.6 cm³/mol. The molecule has 3 nitrogen and oxygen atoms in total. The standard InChI is InChI=1S/C17H27N3/c1-14(12-15-7-5-9-18-15)19-16-6-4-8-17(13-16)20-10-2-3-11-20/h4,6,8,13-15,18-19H,2-3,5,7,9-12H2,1H3. The number of nitrogens with one attached hydrogen (secondary N) is 2. The third-order valence-corrected chi connectivity index (χ3v) is 4.53. The molecule has 2 atom stereocenters. The Balaban J connectivity index is 1.57. The van der Waals surface area contributed by atoms with E-state index in [0.717, 1.165) is 0 Å². The fourth-order valence-corrected chi connectivity index (χ4v) is 3.50. The van der Waals surface area contributed by atoms with Gasteiger partial charge in [-0.15, -0.1) is 0 Å². The minimum atomic E-state index is 0.527. The van der Waals surface area contributed by atoms with Crippen LogP contribution in [0.25, 0.3) is 0 Å². The first kappa shape index (κ1) is 13.7. The molecule has 2 aliphatic rings. The molecule has 2 fully saturated rings. The quantitative estimate of drug-likeness (QED) is 0.862. The number of hydrogen-bond acceptors (Lipinski definition) is 3. The Morgan fingerprint density at radius 3 is 2.90 bits per heavy atom. The Kier molecular flexibility index (Phi) is 4.46. The lowest BCUT2D eigenvalue weighted by Gasteiger charge is -2.22. The SMILES string of the molecule is CC(CC1CCCN1)Nc1cccc(N2CCCC2)c1. The first-order valence-corrected chi connectivity index (χ1v) is 8.16. The van der Waals surface area contributed by atoms with Crippen molar-refractivity contribution in [2.75, 3.05) is 29.9 Å². The van der Waals surface area contributed by atoms with Gasteiger partial charge < -0.3 is 15.5 Å². The van der Waals surface area contributed by atoms with Crippen molar-refractivity contribution >= 4 is 11.4 Å². The lowest BCUT2D eigenvalue weighted by Crippen LogP contribution is -2.29. The van der Waals surface area contributed by atoms with E-state index in [0.29, 0.717) is 12.1 Å². The zero-order valence-corrected chi connectivity index (χ0v) is 12.6. The summed E-state index contributed by atoms with van der Waals surface area (Å²) in [5, 5.41) is 7.25. The van der Waals surface area contributed by atoms with Crippen molar-refractivity contribution in [3.8, 4) is 0 Å². The molecule has 0 saturated carbocycles. The van der Waals surface area contributed by atoms with Gasteiger partial charge in [-0.2, -0.15) is 0 Å². The molecule has 2 saturated heterocycles. The van der Waals surface area contributed by atoms with Crippen LogP contribution in [0.15, 0.2) is 24.3 Å². The molecule has 2 unspecified atom stereocenters. The summed E-state index contributed by atoms with van der Waals surface area (Å²) in [5.41, 5.74) is 2.64. The zero-order valence-electron chi connectivity index (χ0n) is 12.6. The fourth-order valence-electron chi connectivity index (χ4n) is 3.50. The Hall–Kier alpha value is -1.22. The second-order valence-electron chi connectivity index (χ2n) is 6.32. The maximum atomic E-state index is 3.67. The van der Waals surface area contributed by atoms with Crippen LogP contribution in [0.3, 0.4) is 0 Å². The summed E-state index contributed by atoms with van der Waals surface area (Å²) in [6.45, 7) is 5.92. The Morgan fingerprint density at radius 1 is 1.30 bits per heavy atom. The fraction of sp³-hybridized carbons (Fsp3) is 0.647. The molecule has 20 heavy (non-hydrogen) atoms. The predicted octanol–water partition coefficient (Wildman–Crippen LogP) is 3.23. The van der Waals surface area contributed by atoms with Crippen LogP contribution < -0.4 is 15.5 Å². The van der Waals surface area contributed by atoms with Gasteiger partial charge in [-0.3, -0.25) is 0 Å². The highest BCUT2D eigenvalue weighted by Crippen LogP contribution is 2.24. The summed E-state index contributed by atoms with van der Waals surface area (Å²) in [6, 6.07) is 10.1. The van der Waals surface area contributed by atoms with Gasteiger partial charge in [0.05, 0.1) is 0 Å². The third kappa shape index (κ3) is 3.45. The van der Waals surface area contributed by atoms with Crippen LogP contribution in [0.1, 0.15) is 39.0 Å². The first-order chi connectivity index (χ1) is 9.81. The molecule has 110 valence electrons. The molecular weight excluding hydrogens is 246 g/mol. The van der Waals surface area contributed by atoms with Gasteiger partial charge in [0.2, 0.25) is 0 Å². The highest BCUT2D eigenvalue weighted by Gasteiger charge is 2.17. The van der Waals surface area contributed by atoms with Gasteiger partial charge in [0.1, 0.15) is 0 Å². The minimum absolute atomic E-state index is 0.527. The number of rotatable bonds is 5. The van der Waals surface area contributed by atoms with E-state index >= 15 is 0 Å². The van der Waals surface area contributed by atoms with Gasteiger partial charge in [-0.05, 0) is 63.8 Å². The van der Waals surface area contributed by atoms with E-state index in [2.05, 4.69) is 46.7 Å². The number of nitrogens with zero attached hydrogens (tertiary/aromatic N) is 1. The van der Waals surface area contributed by atoms with Crippen LogP contribution in [0.4, 0.5) is 11.4 Å². The summed E-state index contributed by atoms with van der Waals surface area (Å²) < 4.78 is 0. The second-order valence-corrected chi connectivity index (χ2v) is 6.32. The molecule has 2 aliphatic heterocycles. The summed E-state index contributed by atoms with van der Waals surface area (Å²) in [5.74, 6) is 0. The van der Waals surface area contributed by atoms with Crippen molar-refractivity contribution in [2.45, 2.75) is 51.1 Å². The molecule has 1 aromatic rings. The van der Waals surface area contributed by atoms with Crippen molar-refractivity contribution in [2.24, 2.45) is 0 Å². The summed E-state index contributed by atoms with van der Waals surface area (Å²) in [6.07, 6.45) is 6.55. The maximum absolute atomic E-state index is 3.67. The van der Waals surface area contributed by atoms with Crippen molar-refractivity contribution in [1.29, 1.82) is 0 Å². The number of hydrogen-bond donors (Lipinski definition) is 2. The lowest BCUT2D eigenvalue weighted by atomic mass is 10.1. The highest BCUT2D eigenvalue weighted by molar-refractivity contribution is 5.58. The molecule has 0 radical (unpaired) electrons. The molecule has 0 aliphatic carbocycles. The number of benzene rings is 1. The Morgan fingerprint density at radius 2 is 2.15 bits per heavy atom. The molecule has 2 N–H and O–H groups in total. The summed E-state index contributed by atoms with van der Waals surface area (Å²) >= 11 is 0. The molecule has 1 aromatic carbocycles. The minimum Gasteiger partial charge on any atom is -0.382 e. The van der Waals surface area contributed by atoms with Gasteiger partial charge in [-0.25, -0.2) is 0 Å². The molecule has 0 aromatic heterocycles. The highest BCUT2D eigenvalue weighted by atomic mass is 15.1. The van der Waals surface area contributed by atoms with E-state index in [1.54, 1.807) is 0 Å². The maximum Gasteiger partial charge on any atom is 0.0386 e. The summed E-state index contributed by atoms with van der Waals surface area (Å²) in [4.78, 5) is 2.49. The smallest absolute Gasteiger partial charge is 0.0386 e. The van der Waals surface area contributed by atoms with Crippen LogP contribution >= 0.6 is 0 Å². The van der Waals surface area contributed by atoms with Crippen molar-refractivity contribution in [3.63, 3.8) is 0 Å². The molecule has 0 bridgehead atoms. The molecule has 3 heteroatoms. The second kappa shape index (κ2) is 6.49. The van der Waals surface area contributed by atoms with Crippen LogP contribution in [-0.4, -0.2) is 31.7 Å². The topological polar surface area (TPSA) is 27.3 Å². The zero-order chi connectivity index (χ0) is 13.8. The Labute approximate surface area is 122 Å². The van der Waals surface area contributed by atoms with Crippen LogP contribution in [-0.2, 0) is 0 Å². The molecule has 3 rings (SSSR count). The number of anilines is 2. The molecule has 2 heterocycles. The lowest BCUT2D eigenvalue weighted by molar-refractivity contribution is 0.523. The van der Waals surface area contributed by atoms with Crippen molar-refractivity contribution in [1.82, 2.24) is 5.32 Å². The van der Waals surface area contributed by atoms with Gasteiger partial charge >= 0.3 is 0 Å². The van der Waals surface area contributed by atoms with Crippen molar-refractivity contribution in [3.05, 3.63) is 24.3 Å². The monoisotopic (exact) mass is 273 g/mol. The van der Waals surface area contributed by atoms with Gasteiger partial charge in [-0.1, -0.05) is 6.07 Å². The van der Waals surface area contributed by atoms with Crippen LogP contribution in [0, 0.1) is 0 Å². The Bertz CT molecular complexity index is 420. The van der Waals surface area contributed by atoms with Crippen LogP contribution in [0.2, 0.25) is 0 Å². The van der Waals surface area contributed by atoms with E-state index in [4.69, 9.17) is 0 Å². The van der Waals surface area contributed by atoms with E-state index in [9.17, 15) is 0 Å². The van der Waals surface area contributed by atoms with Gasteiger partial charge in [0.15, 0.2) is 0 Å². The summed E-state index contributed by atoms with van der Waals surface area (Å²) in [7, 11) is 0. The van der Waals surface area contributed by atoms with Crippen molar-refractivity contribution < 1.29 is 0 Å². The average molecular weight is 273 g/mol. The molecule has 0 amide bonds. The van der Waals surface area contributed by atoms with E-state index in [-0.39, 0.29) is 0 Å².